The van der Waals surface area contributed by atoms with Crippen LogP contribution in [0.2, 0.25) is 0 Å². The monoisotopic (exact) mass is 391 g/mol. The summed E-state index contributed by atoms with van der Waals surface area (Å²) in [6.45, 7) is 0. The molecule has 0 unspecified atom stereocenters. The first-order valence-electron chi connectivity index (χ1n) is 8.03. The molecule has 28 heavy (non-hydrogen) atoms. The molecule has 0 bridgehead atoms. The first-order valence-corrected chi connectivity index (χ1v) is 8.85. The molecule has 1 aliphatic heterocycles. The third kappa shape index (κ3) is 4.00. The molecule has 0 radical (unpaired) electrons. The molecule has 2 aromatic rings. The number of esters is 1. The van der Waals surface area contributed by atoms with E-state index in [1.54, 1.807) is 30.3 Å². The summed E-state index contributed by atoms with van der Waals surface area (Å²) in [5, 5.41) is 8.98. The maximum Gasteiger partial charge on any atom is 0.331 e. The van der Waals surface area contributed by atoms with Gasteiger partial charge in [0.05, 0.1) is 29.3 Å². The average molecular weight is 391 g/mol. The van der Waals surface area contributed by atoms with E-state index < -0.39 is 17.8 Å². The number of carbonyl (C=O) groups excluding carboxylic acids is 3. The highest BCUT2D eigenvalue weighted by atomic mass is 32.2. The van der Waals surface area contributed by atoms with E-state index in [-0.39, 0.29) is 15.6 Å². The molecule has 8 heteroatoms. The van der Waals surface area contributed by atoms with Gasteiger partial charge in [0.15, 0.2) is 5.17 Å². The number of amides is 2. The summed E-state index contributed by atoms with van der Waals surface area (Å²) in [7, 11) is 1.21. The number of hydrogen-bond acceptors (Lipinski definition) is 6. The molecule has 0 aliphatic carbocycles. The zero-order valence-electron chi connectivity index (χ0n) is 14.7. The molecule has 2 aromatic carbocycles. The number of thioether (sulfide) groups is 1. The molecule has 1 fully saturated rings. The molecule has 1 saturated heterocycles. The molecular formula is C20H13N3O4S. The number of ether oxygens (including phenoxy) is 1. The molecule has 3 rings (SSSR count). The lowest BCUT2D eigenvalue weighted by Gasteiger charge is -2.15. The second-order valence-corrected chi connectivity index (χ2v) is 6.51. The fourth-order valence-electron chi connectivity index (χ4n) is 2.36. The van der Waals surface area contributed by atoms with Crippen LogP contribution in [0.1, 0.15) is 15.9 Å². The van der Waals surface area contributed by atoms with E-state index in [4.69, 9.17) is 5.26 Å². The Morgan fingerprint density at radius 3 is 2.43 bits per heavy atom. The summed E-state index contributed by atoms with van der Waals surface area (Å²) in [6.07, 6.45) is 1.07. The molecule has 7 nitrogen and oxygen atoms in total. The van der Waals surface area contributed by atoms with Crippen LogP contribution in [0, 0.1) is 11.3 Å². The van der Waals surface area contributed by atoms with E-state index >= 15 is 0 Å². The third-order valence-electron chi connectivity index (χ3n) is 3.73. The lowest BCUT2D eigenvalue weighted by Crippen LogP contribution is -2.29. The van der Waals surface area contributed by atoms with Gasteiger partial charge in [-0.3, -0.25) is 14.5 Å². The van der Waals surface area contributed by atoms with Gasteiger partial charge in [0.2, 0.25) is 0 Å². The van der Waals surface area contributed by atoms with Crippen LogP contribution in [-0.4, -0.2) is 30.1 Å². The maximum atomic E-state index is 12.8. The van der Waals surface area contributed by atoms with Crippen LogP contribution in [0.5, 0.6) is 0 Å². The first kappa shape index (κ1) is 19.1. The standard InChI is InChI=1S/C20H13N3O4S/c1-27-17(24)11-16-19(26)23(15-5-3-2-4-6-15)20(28-16)22-18(25)14-9-7-13(12-21)8-10-14/h2-11H,1H3. The molecule has 2 amide bonds. The van der Waals surface area contributed by atoms with Crippen molar-refractivity contribution in [2.75, 3.05) is 12.0 Å². The quantitative estimate of drug-likeness (QED) is 0.589. The Morgan fingerprint density at radius 1 is 1.14 bits per heavy atom. The Labute approximate surface area is 164 Å². The minimum atomic E-state index is -0.677. The fourth-order valence-corrected chi connectivity index (χ4v) is 3.30. The predicted molar refractivity (Wildman–Crippen MR) is 105 cm³/mol. The van der Waals surface area contributed by atoms with Crippen LogP contribution in [0.4, 0.5) is 5.69 Å². The van der Waals surface area contributed by atoms with Crippen molar-refractivity contribution in [2.45, 2.75) is 0 Å². The highest BCUT2D eigenvalue weighted by Crippen LogP contribution is 2.35. The van der Waals surface area contributed by atoms with E-state index in [1.807, 2.05) is 6.07 Å². The van der Waals surface area contributed by atoms with Crippen molar-refractivity contribution >= 4 is 40.4 Å². The lowest BCUT2D eigenvalue weighted by molar-refractivity contribution is -0.135. The average Bonchev–Trinajstić information content (AvgIpc) is 3.03. The third-order valence-corrected chi connectivity index (χ3v) is 4.70. The van der Waals surface area contributed by atoms with Gasteiger partial charge in [0.1, 0.15) is 0 Å². The zero-order chi connectivity index (χ0) is 20.1. The first-order chi connectivity index (χ1) is 13.5. The van der Waals surface area contributed by atoms with Gasteiger partial charge in [-0.05, 0) is 48.2 Å². The van der Waals surface area contributed by atoms with E-state index in [9.17, 15) is 14.4 Å². The minimum Gasteiger partial charge on any atom is -0.466 e. The SMILES string of the molecule is COC(=O)C=C1SC(=NC(=O)c2ccc(C#N)cc2)N(c2ccccc2)C1=O. The summed E-state index contributed by atoms with van der Waals surface area (Å²) in [5.41, 5.74) is 1.21. The smallest absolute Gasteiger partial charge is 0.331 e. The normalized spacial score (nSPS) is 16.3. The van der Waals surface area contributed by atoms with Crippen LogP contribution in [-0.2, 0) is 14.3 Å². The number of nitriles is 1. The van der Waals surface area contributed by atoms with E-state index in [2.05, 4.69) is 9.73 Å². The molecule has 0 atom stereocenters. The van der Waals surface area contributed by atoms with Gasteiger partial charge in [-0.2, -0.15) is 10.3 Å². The van der Waals surface area contributed by atoms with Gasteiger partial charge in [-0.25, -0.2) is 4.79 Å². The van der Waals surface area contributed by atoms with Crippen molar-refractivity contribution in [3.8, 4) is 6.07 Å². The van der Waals surface area contributed by atoms with Gasteiger partial charge in [0, 0.05) is 11.6 Å². The highest BCUT2D eigenvalue weighted by Gasteiger charge is 2.36. The summed E-state index contributed by atoms with van der Waals surface area (Å²) < 4.78 is 4.58. The number of anilines is 1. The molecule has 0 saturated carbocycles. The van der Waals surface area contributed by atoms with E-state index in [0.29, 0.717) is 11.3 Å². The summed E-state index contributed by atoms with van der Waals surface area (Å²) in [4.78, 5) is 42.3. The number of methoxy groups -OCH3 is 1. The number of para-hydroxylation sites is 1. The van der Waals surface area contributed by atoms with Crippen molar-refractivity contribution in [1.82, 2.24) is 0 Å². The van der Waals surface area contributed by atoms with E-state index in [0.717, 1.165) is 17.8 Å². The number of carbonyl (C=O) groups is 3. The number of hydrogen-bond donors (Lipinski definition) is 0. The van der Waals surface area contributed by atoms with Crippen LogP contribution >= 0.6 is 11.8 Å². The number of nitrogens with zero attached hydrogens (tertiary/aromatic N) is 3. The van der Waals surface area contributed by atoms with Crippen molar-refractivity contribution in [3.63, 3.8) is 0 Å². The molecular weight excluding hydrogens is 378 g/mol. The van der Waals surface area contributed by atoms with Crippen LogP contribution in [0.25, 0.3) is 0 Å². The summed E-state index contributed by atoms with van der Waals surface area (Å²) in [6, 6.07) is 16.7. The van der Waals surface area contributed by atoms with Gasteiger partial charge < -0.3 is 4.74 Å². The van der Waals surface area contributed by atoms with E-state index in [1.165, 1.54) is 36.3 Å². The number of benzene rings is 2. The van der Waals surface area contributed by atoms with Crippen molar-refractivity contribution < 1.29 is 19.1 Å². The van der Waals surface area contributed by atoms with Gasteiger partial charge in [-0.15, -0.1) is 0 Å². The van der Waals surface area contributed by atoms with Crippen molar-refractivity contribution in [2.24, 2.45) is 4.99 Å². The molecule has 0 spiro atoms. The van der Waals surface area contributed by atoms with Gasteiger partial charge in [-0.1, -0.05) is 18.2 Å². The number of rotatable bonds is 3. The second-order valence-electron chi connectivity index (χ2n) is 5.50. The lowest BCUT2D eigenvalue weighted by atomic mass is 10.1. The Bertz CT molecular complexity index is 1040. The summed E-state index contributed by atoms with van der Waals surface area (Å²) >= 11 is 0.910. The van der Waals surface area contributed by atoms with Gasteiger partial charge >= 0.3 is 5.97 Å². The number of aliphatic imine (C=N–C) groups is 1. The Kier molecular flexibility index (Phi) is 5.67. The van der Waals surface area contributed by atoms with Gasteiger partial charge in [0.25, 0.3) is 11.8 Å². The summed E-state index contributed by atoms with van der Waals surface area (Å²) in [5.74, 6) is -1.73. The maximum absolute atomic E-state index is 12.8. The topological polar surface area (TPSA) is 99.8 Å². The Morgan fingerprint density at radius 2 is 1.82 bits per heavy atom. The minimum absolute atomic E-state index is 0.0991. The Hall–Kier alpha value is -3.70. The number of amidine groups is 1. The molecule has 0 N–H and O–H groups in total. The molecule has 1 aliphatic rings. The largest absolute Gasteiger partial charge is 0.466 e. The highest BCUT2D eigenvalue weighted by molar-refractivity contribution is 8.19. The van der Waals surface area contributed by atoms with Crippen LogP contribution in [0.3, 0.4) is 0 Å². The fraction of sp³-hybridized carbons (Fsp3) is 0.0500. The van der Waals surface area contributed by atoms with Crippen molar-refractivity contribution in [3.05, 3.63) is 76.7 Å². The zero-order valence-corrected chi connectivity index (χ0v) is 15.5. The predicted octanol–water partition coefficient (Wildman–Crippen LogP) is 2.89. The molecule has 138 valence electrons. The second kappa shape index (κ2) is 8.33. The van der Waals surface area contributed by atoms with Crippen molar-refractivity contribution in [1.29, 1.82) is 5.26 Å². The van der Waals surface area contributed by atoms with Crippen LogP contribution < -0.4 is 4.90 Å². The Balaban J connectivity index is 1.99. The molecule has 0 aromatic heterocycles. The molecule has 1 heterocycles. The van der Waals surface area contributed by atoms with Crippen LogP contribution in [0.15, 0.2) is 70.6 Å².